The van der Waals surface area contributed by atoms with Gasteiger partial charge in [0.15, 0.2) is 0 Å². The molecule has 1 N–H and O–H groups in total. The summed E-state index contributed by atoms with van der Waals surface area (Å²) in [6, 6.07) is 4.91. The molecule has 0 heterocycles. The molecule has 0 unspecified atom stereocenters. The second kappa shape index (κ2) is 5.84. The molecule has 96 valence electrons. The highest BCUT2D eigenvalue weighted by Gasteiger charge is 2.09. The number of hydrogen-bond donors (Lipinski definition) is 1. The zero-order valence-electron chi connectivity index (χ0n) is 8.78. The number of halogens is 1. The fourth-order valence-corrected chi connectivity index (χ4v) is 1.35. The number of nitrogens with one attached hydrogen (secondary N) is 1. The van der Waals surface area contributed by atoms with E-state index in [9.17, 15) is 17.1 Å². The maximum Gasteiger partial charge on any atom is 0.488 e. The first-order valence-corrected chi connectivity index (χ1v) is 5.76. The van der Waals surface area contributed by atoms with Crippen molar-refractivity contribution in [3.63, 3.8) is 0 Å². The molecular weight excluding hydrogens is 267 g/mol. The highest BCUT2D eigenvalue weighted by Crippen LogP contribution is 2.17. The summed E-state index contributed by atoms with van der Waals surface area (Å²) in [7, 11) is -5.07. The van der Waals surface area contributed by atoms with Gasteiger partial charge in [0.1, 0.15) is 12.3 Å². The minimum atomic E-state index is -5.07. The van der Waals surface area contributed by atoms with Gasteiger partial charge in [0.2, 0.25) is 5.91 Å². The lowest BCUT2D eigenvalue weighted by molar-refractivity contribution is -0.114. The third-order valence-corrected chi connectivity index (χ3v) is 2.00. The summed E-state index contributed by atoms with van der Waals surface area (Å²) < 4.78 is 36.5. The van der Waals surface area contributed by atoms with E-state index in [4.69, 9.17) is 5.53 Å². The van der Waals surface area contributed by atoms with Crippen LogP contribution < -0.4 is 9.50 Å². The van der Waals surface area contributed by atoms with Crippen molar-refractivity contribution in [2.75, 3.05) is 11.9 Å². The lowest BCUT2D eigenvalue weighted by Crippen LogP contribution is -2.14. The first-order valence-electron chi connectivity index (χ1n) is 4.45. The second-order valence-electron chi connectivity index (χ2n) is 2.94. The number of carbonyl (C=O) groups excluding carboxylic acids is 1. The first kappa shape index (κ1) is 13.7. The Labute approximate surface area is 101 Å². The number of benzene rings is 1. The Kier molecular flexibility index (Phi) is 4.46. The number of anilines is 1. The molecule has 10 heteroatoms. The van der Waals surface area contributed by atoms with Crippen molar-refractivity contribution in [3.05, 3.63) is 34.7 Å². The summed E-state index contributed by atoms with van der Waals surface area (Å²) in [5.41, 5.74) is 8.31. The molecule has 1 amide bonds. The van der Waals surface area contributed by atoms with Gasteiger partial charge < -0.3 is 9.50 Å². The SMILES string of the molecule is [N-]=[N+]=NCC(=O)Nc1ccc(OS(=O)(=O)F)cc1. The molecule has 18 heavy (non-hydrogen) atoms. The maximum absolute atomic E-state index is 12.2. The molecule has 0 saturated carbocycles. The molecule has 8 nitrogen and oxygen atoms in total. The third-order valence-electron chi connectivity index (χ3n) is 1.61. The van der Waals surface area contributed by atoms with E-state index in [-0.39, 0.29) is 12.3 Å². The largest absolute Gasteiger partial charge is 0.488 e. The fourth-order valence-electron chi connectivity index (χ4n) is 1.01. The Morgan fingerprint density at radius 1 is 1.44 bits per heavy atom. The van der Waals surface area contributed by atoms with Crippen LogP contribution in [0.25, 0.3) is 10.4 Å². The van der Waals surface area contributed by atoms with E-state index in [1.165, 1.54) is 12.1 Å². The van der Waals surface area contributed by atoms with Gasteiger partial charge >= 0.3 is 10.5 Å². The van der Waals surface area contributed by atoms with Crippen LogP contribution in [-0.2, 0) is 15.3 Å². The number of hydrogen-bond acceptors (Lipinski definition) is 5. The fraction of sp³-hybridized carbons (Fsp3) is 0.125. The highest BCUT2D eigenvalue weighted by molar-refractivity contribution is 7.81. The van der Waals surface area contributed by atoms with Crippen LogP contribution in [0.1, 0.15) is 0 Å². The summed E-state index contributed by atoms with van der Waals surface area (Å²) in [6.07, 6.45) is 0. The Morgan fingerprint density at radius 2 is 2.06 bits per heavy atom. The average molecular weight is 274 g/mol. The van der Waals surface area contributed by atoms with Crippen LogP contribution in [-0.4, -0.2) is 20.9 Å². The predicted octanol–water partition coefficient (Wildman–Crippen LogP) is 1.53. The molecule has 0 radical (unpaired) electrons. The van der Waals surface area contributed by atoms with Gasteiger partial charge in [-0.1, -0.05) is 9.00 Å². The van der Waals surface area contributed by atoms with Gasteiger partial charge in [0.05, 0.1) is 0 Å². The minimum Gasteiger partial charge on any atom is -0.358 e. The van der Waals surface area contributed by atoms with E-state index in [1.807, 2.05) is 0 Å². The molecule has 0 aliphatic carbocycles. The quantitative estimate of drug-likeness (QED) is 0.378. The van der Waals surface area contributed by atoms with Gasteiger partial charge in [-0.15, -0.1) is 0 Å². The molecule has 0 fully saturated rings. The zero-order chi connectivity index (χ0) is 13.6. The van der Waals surface area contributed by atoms with Crippen molar-refractivity contribution in [1.29, 1.82) is 0 Å². The smallest absolute Gasteiger partial charge is 0.358 e. The van der Waals surface area contributed by atoms with Crippen LogP contribution in [0.15, 0.2) is 29.4 Å². The molecule has 0 aromatic heterocycles. The van der Waals surface area contributed by atoms with E-state index in [0.717, 1.165) is 12.1 Å². The normalized spacial score (nSPS) is 10.3. The minimum absolute atomic E-state index is 0.231. The summed E-state index contributed by atoms with van der Waals surface area (Å²) in [5, 5.41) is 5.41. The Morgan fingerprint density at radius 3 is 2.56 bits per heavy atom. The summed E-state index contributed by atoms with van der Waals surface area (Å²) in [4.78, 5) is 13.5. The highest BCUT2D eigenvalue weighted by atomic mass is 32.3. The molecule has 0 bridgehead atoms. The molecule has 1 aromatic carbocycles. The van der Waals surface area contributed by atoms with Gasteiger partial charge in [-0.2, -0.15) is 8.42 Å². The van der Waals surface area contributed by atoms with E-state index < -0.39 is 16.4 Å². The Bertz CT molecular complexity index is 580. The van der Waals surface area contributed by atoms with Gasteiger partial charge in [0.25, 0.3) is 0 Å². The van der Waals surface area contributed by atoms with Crippen molar-refractivity contribution in [2.45, 2.75) is 0 Å². The molecule has 1 aromatic rings. The summed E-state index contributed by atoms with van der Waals surface area (Å²) in [6.45, 7) is -0.367. The average Bonchev–Trinajstić information content (AvgIpc) is 2.27. The van der Waals surface area contributed by atoms with E-state index in [1.54, 1.807) is 0 Å². The van der Waals surface area contributed by atoms with Crippen LogP contribution in [0.2, 0.25) is 0 Å². The number of rotatable bonds is 5. The van der Waals surface area contributed by atoms with Gasteiger partial charge in [-0.3, -0.25) is 4.79 Å². The van der Waals surface area contributed by atoms with Crippen molar-refractivity contribution in [3.8, 4) is 5.75 Å². The second-order valence-corrected chi connectivity index (χ2v) is 3.89. The number of azide groups is 1. The number of amides is 1. The first-order chi connectivity index (χ1) is 8.40. The molecule has 0 aliphatic heterocycles. The van der Waals surface area contributed by atoms with Gasteiger partial charge in [0, 0.05) is 10.6 Å². The molecule has 1 rings (SSSR count). The zero-order valence-corrected chi connectivity index (χ0v) is 9.59. The standard InChI is InChI=1S/C8H7FN4O4S/c9-18(15,16)17-7-3-1-6(2-4-7)12-8(14)5-11-13-10/h1-4H,5H2,(H,12,14). The molecule has 0 saturated heterocycles. The number of carbonyl (C=O) groups is 1. The third kappa shape index (κ3) is 5.14. The van der Waals surface area contributed by atoms with E-state index in [0.29, 0.717) is 5.69 Å². The lowest BCUT2D eigenvalue weighted by atomic mass is 10.3. The van der Waals surface area contributed by atoms with Crippen molar-refractivity contribution < 1.29 is 21.3 Å². The van der Waals surface area contributed by atoms with Crippen LogP contribution in [0, 0.1) is 0 Å². The van der Waals surface area contributed by atoms with E-state index >= 15 is 0 Å². The van der Waals surface area contributed by atoms with Crippen LogP contribution in [0.4, 0.5) is 9.57 Å². The predicted molar refractivity (Wildman–Crippen MR) is 59.7 cm³/mol. The Hall–Kier alpha value is -2.32. The van der Waals surface area contributed by atoms with E-state index in [2.05, 4.69) is 19.5 Å². The molecule has 0 aliphatic rings. The van der Waals surface area contributed by atoms with Crippen LogP contribution >= 0.6 is 0 Å². The van der Waals surface area contributed by atoms with Crippen LogP contribution in [0.5, 0.6) is 5.75 Å². The monoisotopic (exact) mass is 274 g/mol. The topological polar surface area (TPSA) is 121 Å². The van der Waals surface area contributed by atoms with Crippen LogP contribution in [0.3, 0.4) is 0 Å². The molecule has 0 atom stereocenters. The van der Waals surface area contributed by atoms with Crippen molar-refractivity contribution >= 4 is 22.1 Å². The molecule has 0 spiro atoms. The maximum atomic E-state index is 12.2. The summed E-state index contributed by atoms with van der Waals surface area (Å²) in [5.74, 6) is -0.773. The van der Waals surface area contributed by atoms with Gasteiger partial charge in [-0.25, -0.2) is 0 Å². The van der Waals surface area contributed by atoms with Crippen molar-refractivity contribution in [2.24, 2.45) is 5.11 Å². The molecular formula is C8H7FN4O4S. The van der Waals surface area contributed by atoms with Crippen molar-refractivity contribution in [1.82, 2.24) is 0 Å². The Balaban J connectivity index is 2.66. The van der Waals surface area contributed by atoms with Gasteiger partial charge in [-0.05, 0) is 29.8 Å². The lowest BCUT2D eigenvalue weighted by Gasteiger charge is -2.04. The summed E-state index contributed by atoms with van der Waals surface area (Å²) >= 11 is 0. The number of nitrogens with zero attached hydrogens (tertiary/aromatic N) is 3.